The summed E-state index contributed by atoms with van der Waals surface area (Å²) in [6, 6.07) is 10.1. The maximum Gasteiger partial charge on any atom is 0.328 e. The second kappa shape index (κ2) is 10.0. The molecular weight excluding hydrogens is 416 g/mol. The molecule has 0 saturated heterocycles. The predicted molar refractivity (Wildman–Crippen MR) is 132 cm³/mol. The minimum absolute atomic E-state index is 0.0389. The lowest BCUT2D eigenvalue weighted by Crippen LogP contribution is -2.34. The lowest BCUT2D eigenvalue weighted by molar-refractivity contribution is -0.131. The van der Waals surface area contributed by atoms with E-state index < -0.39 is 5.97 Å². The molecule has 5 nitrogen and oxygen atoms in total. The van der Waals surface area contributed by atoms with Gasteiger partial charge in [0, 0.05) is 24.3 Å². The monoisotopic (exact) mass is 452 g/mol. The van der Waals surface area contributed by atoms with Crippen LogP contribution < -0.4 is 9.47 Å². The van der Waals surface area contributed by atoms with E-state index in [0.717, 1.165) is 47.8 Å². The minimum atomic E-state index is -0.985. The zero-order valence-corrected chi connectivity index (χ0v) is 20.7. The van der Waals surface area contributed by atoms with Crippen molar-refractivity contribution in [3.8, 4) is 22.6 Å². The third kappa shape index (κ3) is 5.59. The molecule has 0 spiro atoms. The first-order valence-electron chi connectivity index (χ1n) is 11.6. The molecule has 0 radical (unpaired) electrons. The van der Waals surface area contributed by atoms with Gasteiger partial charge in [-0.3, -0.25) is 0 Å². The van der Waals surface area contributed by atoms with Crippen LogP contribution in [0.15, 0.2) is 36.4 Å². The van der Waals surface area contributed by atoms with Crippen LogP contribution in [0.4, 0.5) is 0 Å². The van der Waals surface area contributed by atoms with E-state index in [9.17, 15) is 4.79 Å². The number of rotatable bonds is 9. The van der Waals surface area contributed by atoms with E-state index in [2.05, 4.69) is 46.8 Å². The highest BCUT2D eigenvalue weighted by Crippen LogP contribution is 2.50. The molecular formula is C28H36O5. The van der Waals surface area contributed by atoms with E-state index in [-0.39, 0.29) is 17.6 Å². The van der Waals surface area contributed by atoms with Crippen molar-refractivity contribution >= 4 is 12.0 Å². The van der Waals surface area contributed by atoms with Gasteiger partial charge in [-0.1, -0.05) is 40.7 Å². The number of fused-ring (bicyclic) bond motifs is 1. The first kappa shape index (κ1) is 24.8. The SMILES string of the molecule is CCCOc1cc2c(cc1-c1cc(/C=C/C(=O)O)ccc1OCOC)C(C)(C)CCC2(C)C. The van der Waals surface area contributed by atoms with Gasteiger partial charge in [0.15, 0.2) is 6.79 Å². The van der Waals surface area contributed by atoms with Gasteiger partial charge < -0.3 is 19.3 Å². The van der Waals surface area contributed by atoms with Gasteiger partial charge in [0.05, 0.1) is 6.61 Å². The Morgan fingerprint density at radius 1 is 0.970 bits per heavy atom. The highest BCUT2D eigenvalue weighted by Gasteiger charge is 2.38. The van der Waals surface area contributed by atoms with Gasteiger partial charge in [0.2, 0.25) is 0 Å². The summed E-state index contributed by atoms with van der Waals surface area (Å²) in [5.41, 5.74) is 5.33. The van der Waals surface area contributed by atoms with Gasteiger partial charge in [-0.2, -0.15) is 0 Å². The van der Waals surface area contributed by atoms with Crippen molar-refractivity contribution in [1.29, 1.82) is 0 Å². The number of aliphatic carboxylic acids is 1. The molecule has 0 fully saturated rings. The number of hydrogen-bond acceptors (Lipinski definition) is 4. The maximum absolute atomic E-state index is 11.1. The summed E-state index contributed by atoms with van der Waals surface area (Å²) in [4.78, 5) is 11.1. The van der Waals surface area contributed by atoms with Crippen LogP contribution in [0.2, 0.25) is 0 Å². The van der Waals surface area contributed by atoms with E-state index in [4.69, 9.17) is 19.3 Å². The molecule has 33 heavy (non-hydrogen) atoms. The Bertz CT molecular complexity index is 1030. The van der Waals surface area contributed by atoms with Crippen molar-refractivity contribution in [3.63, 3.8) is 0 Å². The van der Waals surface area contributed by atoms with Crippen LogP contribution in [-0.2, 0) is 20.4 Å². The summed E-state index contributed by atoms with van der Waals surface area (Å²) in [7, 11) is 1.59. The number of hydrogen-bond donors (Lipinski definition) is 1. The van der Waals surface area contributed by atoms with Gasteiger partial charge >= 0.3 is 5.97 Å². The van der Waals surface area contributed by atoms with E-state index in [1.807, 2.05) is 18.2 Å². The topological polar surface area (TPSA) is 65.0 Å². The summed E-state index contributed by atoms with van der Waals surface area (Å²) < 4.78 is 17.3. The van der Waals surface area contributed by atoms with E-state index in [1.54, 1.807) is 13.2 Å². The number of ether oxygens (including phenoxy) is 3. The number of benzene rings is 2. The Hall–Kier alpha value is -2.79. The standard InChI is InChI=1S/C28H36O5/c1-7-14-32-25-17-23-22(27(2,3)12-13-28(23,4)5)16-21(25)20-15-19(9-11-26(29)30)8-10-24(20)33-18-31-6/h8-11,15-17H,7,12-14,18H2,1-6H3,(H,29,30)/b11-9+. The summed E-state index contributed by atoms with van der Waals surface area (Å²) in [5.74, 6) is 0.502. The Morgan fingerprint density at radius 3 is 2.21 bits per heavy atom. The Kier molecular flexibility index (Phi) is 7.53. The molecule has 0 aromatic heterocycles. The fraction of sp³-hybridized carbons (Fsp3) is 0.464. The zero-order chi connectivity index (χ0) is 24.2. The normalized spacial score (nSPS) is 16.4. The second-order valence-electron chi connectivity index (χ2n) is 9.99. The lowest BCUT2D eigenvalue weighted by Gasteiger charge is -2.42. The van der Waals surface area contributed by atoms with Crippen LogP contribution in [0.3, 0.4) is 0 Å². The first-order chi connectivity index (χ1) is 15.6. The summed E-state index contributed by atoms with van der Waals surface area (Å²) >= 11 is 0. The number of carboxylic acids is 1. The maximum atomic E-state index is 11.1. The fourth-order valence-electron chi connectivity index (χ4n) is 4.41. The van der Waals surface area contributed by atoms with E-state index >= 15 is 0 Å². The molecule has 1 N–H and O–H groups in total. The molecule has 0 amide bonds. The van der Waals surface area contributed by atoms with Crippen LogP contribution in [0.5, 0.6) is 11.5 Å². The molecule has 0 saturated carbocycles. The lowest BCUT2D eigenvalue weighted by atomic mass is 9.62. The molecule has 0 unspecified atom stereocenters. The first-order valence-corrected chi connectivity index (χ1v) is 11.6. The second-order valence-corrected chi connectivity index (χ2v) is 9.99. The molecule has 2 aromatic carbocycles. The third-order valence-electron chi connectivity index (χ3n) is 6.46. The van der Waals surface area contributed by atoms with Crippen molar-refractivity contribution in [2.75, 3.05) is 20.5 Å². The fourth-order valence-corrected chi connectivity index (χ4v) is 4.41. The third-order valence-corrected chi connectivity index (χ3v) is 6.46. The zero-order valence-electron chi connectivity index (χ0n) is 20.7. The minimum Gasteiger partial charge on any atom is -0.493 e. The van der Waals surface area contributed by atoms with Crippen LogP contribution in [0.25, 0.3) is 17.2 Å². The molecule has 3 rings (SSSR count). The Labute approximate surface area is 197 Å². The summed E-state index contributed by atoms with van der Waals surface area (Å²) in [6.07, 6.45) is 5.86. The summed E-state index contributed by atoms with van der Waals surface area (Å²) in [6.45, 7) is 12.0. The molecule has 0 atom stereocenters. The Balaban J connectivity index is 2.26. The van der Waals surface area contributed by atoms with Crippen LogP contribution in [0, 0.1) is 0 Å². The molecule has 5 heteroatoms. The predicted octanol–water partition coefficient (Wildman–Crippen LogP) is 6.57. The Morgan fingerprint density at radius 2 is 1.61 bits per heavy atom. The van der Waals surface area contributed by atoms with Gasteiger partial charge in [-0.05, 0) is 77.1 Å². The molecule has 1 aliphatic carbocycles. The quantitative estimate of drug-likeness (QED) is 0.344. The molecule has 2 aromatic rings. The van der Waals surface area contributed by atoms with Crippen molar-refractivity contribution in [3.05, 3.63) is 53.1 Å². The smallest absolute Gasteiger partial charge is 0.328 e. The van der Waals surface area contributed by atoms with Crippen LogP contribution in [-0.4, -0.2) is 31.6 Å². The van der Waals surface area contributed by atoms with Gasteiger partial charge in [0.1, 0.15) is 11.5 Å². The highest BCUT2D eigenvalue weighted by atomic mass is 16.7. The van der Waals surface area contributed by atoms with Gasteiger partial charge in [0.25, 0.3) is 0 Å². The number of methoxy groups -OCH3 is 1. The van der Waals surface area contributed by atoms with Gasteiger partial charge in [-0.15, -0.1) is 0 Å². The number of carbonyl (C=O) groups is 1. The van der Waals surface area contributed by atoms with E-state index in [1.165, 1.54) is 11.1 Å². The molecule has 0 heterocycles. The average Bonchev–Trinajstić information content (AvgIpc) is 2.77. The average molecular weight is 453 g/mol. The van der Waals surface area contributed by atoms with Crippen LogP contribution >= 0.6 is 0 Å². The van der Waals surface area contributed by atoms with Crippen LogP contribution in [0.1, 0.15) is 70.6 Å². The molecule has 0 bridgehead atoms. The number of carboxylic acid groups (broad SMARTS) is 1. The van der Waals surface area contributed by atoms with Gasteiger partial charge in [-0.25, -0.2) is 4.79 Å². The molecule has 1 aliphatic rings. The largest absolute Gasteiger partial charge is 0.493 e. The van der Waals surface area contributed by atoms with E-state index in [0.29, 0.717) is 12.4 Å². The highest BCUT2D eigenvalue weighted by molar-refractivity contribution is 5.86. The van der Waals surface area contributed by atoms with Crippen molar-refractivity contribution < 1.29 is 24.1 Å². The summed E-state index contributed by atoms with van der Waals surface area (Å²) in [5, 5.41) is 9.06. The van der Waals surface area contributed by atoms with Crippen molar-refractivity contribution in [1.82, 2.24) is 0 Å². The molecule has 0 aliphatic heterocycles. The van der Waals surface area contributed by atoms with Crippen molar-refractivity contribution in [2.24, 2.45) is 0 Å². The molecule has 178 valence electrons. The van der Waals surface area contributed by atoms with Crippen molar-refractivity contribution in [2.45, 2.75) is 64.7 Å².